The van der Waals surface area contributed by atoms with E-state index in [9.17, 15) is 4.79 Å². The molecule has 96 valence electrons. The minimum atomic E-state index is -0.145. The van der Waals surface area contributed by atoms with Gasteiger partial charge in [0, 0.05) is 17.7 Å². The van der Waals surface area contributed by atoms with Crippen LogP contribution in [-0.4, -0.2) is 17.6 Å². The molecule has 0 saturated carbocycles. The number of benzene rings is 1. The summed E-state index contributed by atoms with van der Waals surface area (Å²) in [6, 6.07) is 7.27. The zero-order valence-corrected chi connectivity index (χ0v) is 10.9. The van der Waals surface area contributed by atoms with Crippen LogP contribution in [0.15, 0.2) is 24.3 Å². The van der Waals surface area contributed by atoms with Crippen molar-refractivity contribution in [3.8, 4) is 11.8 Å². The minimum absolute atomic E-state index is 0.0397. The second-order valence-corrected chi connectivity index (χ2v) is 4.52. The molecule has 0 spiro atoms. The van der Waals surface area contributed by atoms with E-state index in [0.29, 0.717) is 12.3 Å². The van der Waals surface area contributed by atoms with Crippen LogP contribution in [0.1, 0.15) is 32.3 Å². The summed E-state index contributed by atoms with van der Waals surface area (Å²) in [7, 11) is 0. The minimum Gasteiger partial charge on any atom is -0.384 e. The fourth-order valence-corrected chi connectivity index (χ4v) is 1.42. The van der Waals surface area contributed by atoms with E-state index < -0.39 is 0 Å². The number of hydrogen-bond donors (Lipinski definition) is 2. The molecule has 1 aromatic carbocycles. The molecule has 0 radical (unpaired) electrons. The molecule has 0 aliphatic heterocycles. The summed E-state index contributed by atoms with van der Waals surface area (Å²) in [5.74, 6) is 5.95. The molecule has 3 heteroatoms. The van der Waals surface area contributed by atoms with Gasteiger partial charge >= 0.3 is 0 Å². The van der Waals surface area contributed by atoms with Crippen molar-refractivity contribution in [3.63, 3.8) is 0 Å². The quantitative estimate of drug-likeness (QED) is 0.800. The predicted molar refractivity (Wildman–Crippen MR) is 73.1 cm³/mol. The summed E-state index contributed by atoms with van der Waals surface area (Å²) in [4.78, 5) is 11.6. The summed E-state index contributed by atoms with van der Waals surface area (Å²) in [5, 5.41) is 11.4. The van der Waals surface area contributed by atoms with Crippen molar-refractivity contribution in [1.29, 1.82) is 0 Å². The van der Waals surface area contributed by atoms with Crippen molar-refractivity contribution in [3.05, 3.63) is 29.8 Å². The molecule has 2 N–H and O–H groups in total. The summed E-state index contributed by atoms with van der Waals surface area (Å²) < 4.78 is 0. The third-order valence-electron chi connectivity index (χ3n) is 2.43. The van der Waals surface area contributed by atoms with Crippen LogP contribution in [0.2, 0.25) is 0 Å². The van der Waals surface area contributed by atoms with Crippen LogP contribution in [0, 0.1) is 17.8 Å². The van der Waals surface area contributed by atoms with Gasteiger partial charge in [-0.05, 0) is 36.6 Å². The zero-order chi connectivity index (χ0) is 13.4. The van der Waals surface area contributed by atoms with Crippen LogP contribution in [0.4, 0.5) is 5.69 Å². The molecule has 0 atom stereocenters. The Bertz CT molecular complexity index is 438. The largest absolute Gasteiger partial charge is 0.384 e. The normalized spacial score (nSPS) is 9.78. The molecule has 1 aromatic rings. The first kappa shape index (κ1) is 14.3. The fourth-order valence-electron chi connectivity index (χ4n) is 1.42. The topological polar surface area (TPSA) is 49.3 Å². The number of carbonyl (C=O) groups is 1. The van der Waals surface area contributed by atoms with Gasteiger partial charge in [0.2, 0.25) is 5.91 Å². The monoisotopic (exact) mass is 245 g/mol. The van der Waals surface area contributed by atoms with Gasteiger partial charge in [-0.1, -0.05) is 25.7 Å². The highest BCUT2D eigenvalue weighted by Gasteiger charge is 2.03. The zero-order valence-electron chi connectivity index (χ0n) is 10.9. The lowest BCUT2D eigenvalue weighted by Crippen LogP contribution is -2.12. The molecule has 0 bridgehead atoms. The number of hydrogen-bond acceptors (Lipinski definition) is 2. The molecule has 0 aliphatic carbocycles. The lowest BCUT2D eigenvalue weighted by atomic mass is 10.1. The van der Waals surface area contributed by atoms with E-state index in [1.54, 1.807) is 0 Å². The lowest BCUT2D eigenvalue weighted by Gasteiger charge is -2.06. The van der Waals surface area contributed by atoms with Gasteiger partial charge < -0.3 is 10.4 Å². The van der Waals surface area contributed by atoms with Gasteiger partial charge in [0.15, 0.2) is 0 Å². The van der Waals surface area contributed by atoms with Crippen molar-refractivity contribution in [2.24, 2.45) is 5.92 Å². The molecule has 0 heterocycles. The number of aliphatic hydroxyl groups is 1. The Morgan fingerprint density at radius 3 is 2.56 bits per heavy atom. The van der Waals surface area contributed by atoms with Crippen LogP contribution in [0.25, 0.3) is 0 Å². The summed E-state index contributed by atoms with van der Waals surface area (Å²) in [5.41, 5.74) is 1.60. The highest BCUT2D eigenvalue weighted by Crippen LogP contribution is 2.10. The molecule has 1 amide bonds. The molecule has 1 rings (SSSR count). The number of rotatable bonds is 4. The lowest BCUT2D eigenvalue weighted by molar-refractivity contribution is -0.116. The summed E-state index contributed by atoms with van der Waals surface area (Å²) in [6.07, 6.45) is 1.44. The smallest absolute Gasteiger partial charge is 0.224 e. The van der Waals surface area contributed by atoms with Gasteiger partial charge in [0.05, 0.1) is 0 Å². The number of carbonyl (C=O) groups excluding carboxylic acids is 1. The fraction of sp³-hybridized carbons (Fsp3) is 0.400. The van der Waals surface area contributed by atoms with Crippen LogP contribution >= 0.6 is 0 Å². The Hall–Kier alpha value is -1.79. The van der Waals surface area contributed by atoms with E-state index in [-0.39, 0.29) is 12.5 Å². The Morgan fingerprint density at radius 1 is 1.33 bits per heavy atom. The van der Waals surface area contributed by atoms with Crippen LogP contribution in [0.3, 0.4) is 0 Å². The molecule has 0 unspecified atom stereocenters. The van der Waals surface area contributed by atoms with Gasteiger partial charge in [0.25, 0.3) is 0 Å². The van der Waals surface area contributed by atoms with Gasteiger partial charge in [-0.2, -0.15) is 0 Å². The van der Waals surface area contributed by atoms with Gasteiger partial charge in [-0.3, -0.25) is 4.79 Å². The SMILES string of the molecule is CC(C)CCC(=O)Nc1ccc(C#CCO)cc1. The average Bonchev–Trinajstić information content (AvgIpc) is 2.35. The molecule has 0 aliphatic rings. The van der Waals surface area contributed by atoms with Crippen molar-refractivity contribution in [2.75, 3.05) is 11.9 Å². The van der Waals surface area contributed by atoms with E-state index in [1.165, 1.54) is 0 Å². The van der Waals surface area contributed by atoms with E-state index in [0.717, 1.165) is 17.7 Å². The maximum Gasteiger partial charge on any atom is 0.224 e. The van der Waals surface area contributed by atoms with E-state index in [1.807, 2.05) is 24.3 Å². The first-order chi connectivity index (χ1) is 8.61. The molecule has 0 fully saturated rings. The maximum absolute atomic E-state index is 11.6. The highest BCUT2D eigenvalue weighted by molar-refractivity contribution is 5.90. The van der Waals surface area contributed by atoms with E-state index in [4.69, 9.17) is 5.11 Å². The van der Waals surface area contributed by atoms with Crippen molar-refractivity contribution in [2.45, 2.75) is 26.7 Å². The molecule has 0 saturated heterocycles. The molecular formula is C15H19NO2. The van der Waals surface area contributed by atoms with E-state index >= 15 is 0 Å². The van der Waals surface area contributed by atoms with Gasteiger partial charge in [0.1, 0.15) is 6.61 Å². The molecular weight excluding hydrogens is 226 g/mol. The van der Waals surface area contributed by atoms with Gasteiger partial charge in [-0.15, -0.1) is 0 Å². The Kier molecular flexibility index (Phi) is 5.96. The second-order valence-electron chi connectivity index (χ2n) is 4.52. The summed E-state index contributed by atoms with van der Waals surface area (Å²) >= 11 is 0. The standard InChI is InChI=1S/C15H19NO2/c1-12(2)5-10-15(18)16-14-8-6-13(7-9-14)4-3-11-17/h6-9,12,17H,5,10-11H2,1-2H3,(H,16,18). The Labute approximate surface area is 108 Å². The third kappa shape index (κ3) is 5.51. The third-order valence-corrected chi connectivity index (χ3v) is 2.43. The number of aliphatic hydroxyl groups excluding tert-OH is 1. The van der Waals surface area contributed by atoms with Gasteiger partial charge in [-0.25, -0.2) is 0 Å². The molecule has 3 nitrogen and oxygen atoms in total. The molecule has 0 aromatic heterocycles. The average molecular weight is 245 g/mol. The van der Waals surface area contributed by atoms with Crippen LogP contribution < -0.4 is 5.32 Å². The Morgan fingerprint density at radius 2 is 2.00 bits per heavy atom. The van der Waals surface area contributed by atoms with Crippen molar-refractivity contribution >= 4 is 11.6 Å². The van der Waals surface area contributed by atoms with Crippen LogP contribution in [-0.2, 0) is 4.79 Å². The molecule has 18 heavy (non-hydrogen) atoms. The highest BCUT2D eigenvalue weighted by atomic mass is 16.2. The first-order valence-corrected chi connectivity index (χ1v) is 6.11. The van der Waals surface area contributed by atoms with Crippen molar-refractivity contribution in [1.82, 2.24) is 0 Å². The van der Waals surface area contributed by atoms with Crippen LogP contribution in [0.5, 0.6) is 0 Å². The number of anilines is 1. The number of nitrogens with one attached hydrogen (secondary N) is 1. The Balaban J connectivity index is 2.50. The van der Waals surface area contributed by atoms with E-state index in [2.05, 4.69) is 31.0 Å². The maximum atomic E-state index is 11.6. The van der Waals surface area contributed by atoms with Crippen molar-refractivity contribution < 1.29 is 9.90 Å². The number of amides is 1. The second kappa shape index (κ2) is 7.52. The first-order valence-electron chi connectivity index (χ1n) is 6.11. The predicted octanol–water partition coefficient (Wildman–Crippen LogP) is 2.41. The summed E-state index contributed by atoms with van der Waals surface area (Å²) in [6.45, 7) is 4.05.